The molecular weight excluding hydrogens is 273 g/mol. The van der Waals surface area contributed by atoms with Crippen LogP contribution in [-0.2, 0) is 6.54 Å². The Kier molecular flexibility index (Phi) is 4.35. The molecule has 0 unspecified atom stereocenters. The van der Waals surface area contributed by atoms with Crippen molar-refractivity contribution in [1.82, 2.24) is 9.55 Å². The van der Waals surface area contributed by atoms with E-state index in [4.69, 9.17) is 17.3 Å². The number of imidazole rings is 1. The standard InChI is InChI=1S/C12H15ClFN3S/c1-18-5-3-2-4-17-11-7-9(14)8(13)6-10(11)16-12(17)15/h6-7H,2-5H2,1H3,(H2,15,16). The van der Waals surface area contributed by atoms with Gasteiger partial charge in [0.1, 0.15) is 5.82 Å². The molecule has 0 amide bonds. The zero-order valence-corrected chi connectivity index (χ0v) is 11.7. The quantitative estimate of drug-likeness (QED) is 0.855. The predicted octanol–water partition coefficient (Wildman–Crippen LogP) is 3.55. The lowest BCUT2D eigenvalue weighted by Gasteiger charge is -2.06. The van der Waals surface area contributed by atoms with Crippen molar-refractivity contribution in [1.29, 1.82) is 0 Å². The predicted molar refractivity (Wildman–Crippen MR) is 76.7 cm³/mol. The summed E-state index contributed by atoms with van der Waals surface area (Å²) in [6, 6.07) is 2.91. The molecule has 0 fully saturated rings. The van der Waals surface area contributed by atoms with Gasteiger partial charge >= 0.3 is 0 Å². The van der Waals surface area contributed by atoms with Crippen LogP contribution in [0.5, 0.6) is 0 Å². The van der Waals surface area contributed by atoms with Gasteiger partial charge in [-0.15, -0.1) is 0 Å². The highest BCUT2D eigenvalue weighted by Gasteiger charge is 2.11. The van der Waals surface area contributed by atoms with Gasteiger partial charge in [0.2, 0.25) is 5.95 Å². The third-order valence-electron chi connectivity index (χ3n) is 2.80. The molecule has 2 rings (SSSR count). The fourth-order valence-electron chi connectivity index (χ4n) is 1.89. The van der Waals surface area contributed by atoms with E-state index in [0.29, 0.717) is 17.0 Å². The van der Waals surface area contributed by atoms with Gasteiger partial charge in [0.05, 0.1) is 16.1 Å². The number of rotatable bonds is 5. The van der Waals surface area contributed by atoms with Crippen LogP contribution in [0.15, 0.2) is 12.1 Å². The third-order valence-corrected chi connectivity index (χ3v) is 3.79. The Balaban J connectivity index is 2.26. The van der Waals surface area contributed by atoms with Crippen LogP contribution in [0, 0.1) is 5.82 Å². The van der Waals surface area contributed by atoms with Gasteiger partial charge in [-0.2, -0.15) is 11.8 Å². The zero-order chi connectivity index (χ0) is 13.1. The first kappa shape index (κ1) is 13.5. The largest absolute Gasteiger partial charge is 0.369 e. The lowest BCUT2D eigenvalue weighted by Crippen LogP contribution is -2.03. The zero-order valence-electron chi connectivity index (χ0n) is 10.1. The number of anilines is 1. The van der Waals surface area contributed by atoms with Gasteiger partial charge in [-0.25, -0.2) is 9.37 Å². The lowest BCUT2D eigenvalue weighted by atomic mass is 10.3. The van der Waals surface area contributed by atoms with Crippen molar-refractivity contribution in [3.63, 3.8) is 0 Å². The third kappa shape index (κ3) is 2.72. The van der Waals surface area contributed by atoms with Crippen LogP contribution in [0.1, 0.15) is 12.8 Å². The van der Waals surface area contributed by atoms with E-state index in [9.17, 15) is 4.39 Å². The number of aromatic nitrogens is 2. The molecule has 6 heteroatoms. The number of fused-ring (bicyclic) bond motifs is 1. The summed E-state index contributed by atoms with van der Waals surface area (Å²) in [4.78, 5) is 4.20. The summed E-state index contributed by atoms with van der Waals surface area (Å²) in [6.07, 6.45) is 4.19. The molecule has 0 saturated carbocycles. The number of nitrogens with two attached hydrogens (primary N) is 1. The second-order valence-corrected chi connectivity index (χ2v) is 5.47. The van der Waals surface area contributed by atoms with E-state index in [1.165, 1.54) is 12.1 Å². The topological polar surface area (TPSA) is 43.8 Å². The average molecular weight is 288 g/mol. The fraction of sp³-hybridized carbons (Fsp3) is 0.417. The van der Waals surface area contributed by atoms with Crippen LogP contribution in [-0.4, -0.2) is 21.6 Å². The van der Waals surface area contributed by atoms with Gasteiger partial charge in [-0.1, -0.05) is 11.6 Å². The Morgan fingerprint density at radius 2 is 2.22 bits per heavy atom. The van der Waals surface area contributed by atoms with Crippen molar-refractivity contribution in [2.45, 2.75) is 19.4 Å². The summed E-state index contributed by atoms with van der Waals surface area (Å²) in [6.45, 7) is 0.754. The van der Waals surface area contributed by atoms with Crippen LogP contribution in [0.2, 0.25) is 5.02 Å². The Morgan fingerprint density at radius 3 is 2.94 bits per heavy atom. The monoisotopic (exact) mass is 287 g/mol. The first-order valence-corrected chi connectivity index (χ1v) is 7.50. The summed E-state index contributed by atoms with van der Waals surface area (Å²) < 4.78 is 15.3. The van der Waals surface area contributed by atoms with Crippen LogP contribution in [0.3, 0.4) is 0 Å². The van der Waals surface area contributed by atoms with Crippen molar-refractivity contribution in [3.05, 3.63) is 23.0 Å². The molecule has 0 atom stereocenters. The van der Waals surface area contributed by atoms with E-state index in [1.54, 1.807) is 0 Å². The molecule has 0 radical (unpaired) electrons. The summed E-state index contributed by atoms with van der Waals surface area (Å²) in [5.74, 6) is 1.09. The Hall–Kier alpha value is -0.940. The fourth-order valence-corrected chi connectivity index (χ4v) is 2.54. The summed E-state index contributed by atoms with van der Waals surface area (Å²) >= 11 is 7.54. The second kappa shape index (κ2) is 5.80. The smallest absolute Gasteiger partial charge is 0.201 e. The van der Waals surface area contributed by atoms with Crippen LogP contribution in [0.4, 0.5) is 10.3 Å². The Labute approximate surface area is 115 Å². The number of nitrogens with zero attached hydrogens (tertiary/aromatic N) is 2. The molecule has 0 spiro atoms. The van der Waals surface area contributed by atoms with Crippen molar-refractivity contribution >= 4 is 40.3 Å². The average Bonchev–Trinajstić information content (AvgIpc) is 2.62. The van der Waals surface area contributed by atoms with Gasteiger partial charge < -0.3 is 10.3 Å². The molecule has 98 valence electrons. The minimum Gasteiger partial charge on any atom is -0.369 e. The normalized spacial score (nSPS) is 11.3. The molecule has 0 bridgehead atoms. The molecule has 1 aromatic heterocycles. The summed E-state index contributed by atoms with van der Waals surface area (Å²) in [5, 5.41) is 0.0783. The molecular formula is C12H15ClFN3S. The molecule has 18 heavy (non-hydrogen) atoms. The SMILES string of the molecule is CSCCCCn1c(N)nc2cc(Cl)c(F)cc21. The number of hydrogen-bond acceptors (Lipinski definition) is 3. The highest BCUT2D eigenvalue weighted by Crippen LogP contribution is 2.25. The van der Waals surface area contributed by atoms with Crippen LogP contribution < -0.4 is 5.73 Å². The van der Waals surface area contributed by atoms with E-state index in [-0.39, 0.29) is 5.02 Å². The number of hydrogen-bond donors (Lipinski definition) is 1. The van der Waals surface area contributed by atoms with Crippen molar-refractivity contribution in [2.75, 3.05) is 17.7 Å². The van der Waals surface area contributed by atoms with E-state index < -0.39 is 5.82 Å². The molecule has 0 aliphatic heterocycles. The van der Waals surface area contributed by atoms with Gasteiger partial charge in [0.25, 0.3) is 0 Å². The van der Waals surface area contributed by atoms with E-state index in [2.05, 4.69) is 11.2 Å². The maximum Gasteiger partial charge on any atom is 0.201 e. The number of halogens is 2. The van der Waals surface area contributed by atoms with Gasteiger partial charge in [0, 0.05) is 12.6 Å². The van der Waals surface area contributed by atoms with Crippen molar-refractivity contribution in [2.24, 2.45) is 0 Å². The highest BCUT2D eigenvalue weighted by molar-refractivity contribution is 7.98. The number of aryl methyl sites for hydroxylation is 1. The Bertz CT molecular complexity index is 556. The van der Waals surface area contributed by atoms with E-state index >= 15 is 0 Å². The molecule has 0 aliphatic carbocycles. The number of thioether (sulfide) groups is 1. The summed E-state index contributed by atoms with van der Waals surface area (Å²) in [5.41, 5.74) is 7.20. The first-order chi connectivity index (χ1) is 8.63. The molecule has 3 nitrogen and oxygen atoms in total. The second-order valence-electron chi connectivity index (χ2n) is 4.08. The first-order valence-electron chi connectivity index (χ1n) is 5.73. The minimum absolute atomic E-state index is 0.0783. The molecule has 1 aromatic carbocycles. The molecule has 1 heterocycles. The van der Waals surface area contributed by atoms with Gasteiger partial charge in [-0.3, -0.25) is 0 Å². The van der Waals surface area contributed by atoms with Crippen molar-refractivity contribution in [3.8, 4) is 0 Å². The molecule has 0 aliphatic rings. The van der Waals surface area contributed by atoms with E-state index in [0.717, 1.165) is 25.1 Å². The van der Waals surface area contributed by atoms with E-state index in [1.807, 2.05) is 16.3 Å². The number of nitrogen functional groups attached to an aromatic ring is 1. The maximum atomic E-state index is 13.5. The molecule has 0 saturated heterocycles. The van der Waals surface area contributed by atoms with Crippen molar-refractivity contribution < 1.29 is 4.39 Å². The maximum absolute atomic E-state index is 13.5. The molecule has 2 aromatic rings. The van der Waals surface area contributed by atoms with Gasteiger partial charge in [0.15, 0.2) is 0 Å². The Morgan fingerprint density at radius 1 is 1.44 bits per heavy atom. The minimum atomic E-state index is -0.436. The number of unbranched alkanes of at least 4 members (excludes halogenated alkanes) is 1. The lowest BCUT2D eigenvalue weighted by molar-refractivity contribution is 0.625. The highest BCUT2D eigenvalue weighted by atomic mass is 35.5. The summed E-state index contributed by atoms with van der Waals surface area (Å²) in [7, 11) is 0. The number of benzene rings is 1. The molecule has 2 N–H and O–H groups in total. The van der Waals surface area contributed by atoms with Crippen LogP contribution in [0.25, 0.3) is 11.0 Å². The van der Waals surface area contributed by atoms with Gasteiger partial charge in [-0.05, 0) is 30.9 Å². The van der Waals surface area contributed by atoms with Crippen LogP contribution >= 0.6 is 23.4 Å².